The number of imidazole rings is 1. The average Bonchev–Trinajstić information content (AvgIpc) is 2.49. The second-order valence-electron chi connectivity index (χ2n) is 2.44. The van der Waals surface area contributed by atoms with Crippen LogP contribution in [-0.2, 0) is 5.33 Å². The molecular weight excluding hydrogens is 239 g/mol. The monoisotopic (exact) mass is 244 g/mol. The van der Waals surface area contributed by atoms with E-state index in [4.69, 9.17) is 11.6 Å². The third kappa shape index (κ3) is 1.23. The van der Waals surface area contributed by atoms with Crippen LogP contribution in [0.5, 0.6) is 0 Å². The third-order valence-electron chi connectivity index (χ3n) is 1.63. The number of pyridine rings is 1. The molecule has 62 valence electrons. The van der Waals surface area contributed by atoms with Gasteiger partial charge in [0.25, 0.3) is 0 Å². The van der Waals surface area contributed by atoms with E-state index in [0.717, 1.165) is 16.7 Å². The molecule has 12 heavy (non-hydrogen) atoms. The van der Waals surface area contributed by atoms with E-state index in [1.807, 2.05) is 28.8 Å². The summed E-state index contributed by atoms with van der Waals surface area (Å²) in [6, 6.07) is 5.66. The molecule has 4 heteroatoms. The fourth-order valence-corrected chi connectivity index (χ4v) is 1.57. The minimum absolute atomic E-state index is 0.687. The van der Waals surface area contributed by atoms with Crippen LogP contribution < -0.4 is 0 Å². The topological polar surface area (TPSA) is 17.3 Å². The van der Waals surface area contributed by atoms with Crippen LogP contribution in [0, 0.1) is 0 Å². The predicted octanol–water partition coefficient (Wildman–Crippen LogP) is 2.88. The second-order valence-corrected chi connectivity index (χ2v) is 3.39. The van der Waals surface area contributed by atoms with Crippen molar-refractivity contribution in [3.05, 3.63) is 35.2 Å². The zero-order valence-electron chi connectivity index (χ0n) is 6.17. The van der Waals surface area contributed by atoms with Crippen molar-refractivity contribution in [2.24, 2.45) is 0 Å². The van der Waals surface area contributed by atoms with E-state index in [0.29, 0.717) is 5.15 Å². The predicted molar refractivity (Wildman–Crippen MR) is 52.8 cm³/mol. The standard InChI is InChI=1S/C8H6BrClN2/c9-4-6-5-12-7(10)2-1-3-8(12)11-6/h1-3,5H,4H2. The fraction of sp³-hybridized carbons (Fsp3) is 0.125. The van der Waals surface area contributed by atoms with Gasteiger partial charge in [-0.15, -0.1) is 0 Å². The van der Waals surface area contributed by atoms with Crippen LogP contribution in [0.15, 0.2) is 24.4 Å². The van der Waals surface area contributed by atoms with Crippen molar-refractivity contribution >= 4 is 33.2 Å². The Hall–Kier alpha value is -0.540. The molecule has 0 saturated carbocycles. The number of hydrogen-bond donors (Lipinski definition) is 0. The van der Waals surface area contributed by atoms with Gasteiger partial charge in [0.2, 0.25) is 0 Å². The Labute approximate surface area is 83.3 Å². The van der Waals surface area contributed by atoms with Gasteiger partial charge in [0.05, 0.1) is 5.69 Å². The Balaban J connectivity index is 2.74. The molecule has 0 aliphatic heterocycles. The summed E-state index contributed by atoms with van der Waals surface area (Å²) in [5.41, 5.74) is 1.88. The van der Waals surface area contributed by atoms with Crippen molar-refractivity contribution < 1.29 is 0 Å². The first-order valence-corrected chi connectivity index (χ1v) is 4.99. The van der Waals surface area contributed by atoms with Crippen LogP contribution in [0.4, 0.5) is 0 Å². The highest BCUT2D eigenvalue weighted by Gasteiger charge is 2.01. The van der Waals surface area contributed by atoms with Crippen LogP contribution in [0.25, 0.3) is 5.65 Å². The van der Waals surface area contributed by atoms with Crippen molar-refractivity contribution in [3.63, 3.8) is 0 Å². The van der Waals surface area contributed by atoms with E-state index < -0.39 is 0 Å². The van der Waals surface area contributed by atoms with Crippen LogP contribution in [0.2, 0.25) is 5.15 Å². The lowest BCUT2D eigenvalue weighted by Crippen LogP contribution is -1.82. The highest BCUT2D eigenvalue weighted by molar-refractivity contribution is 9.08. The van der Waals surface area contributed by atoms with Crippen molar-refractivity contribution in [3.8, 4) is 0 Å². The maximum Gasteiger partial charge on any atom is 0.138 e. The molecule has 2 aromatic rings. The van der Waals surface area contributed by atoms with Crippen LogP contribution in [0.1, 0.15) is 5.69 Å². The highest BCUT2D eigenvalue weighted by Crippen LogP contribution is 2.14. The number of nitrogens with zero attached hydrogens (tertiary/aromatic N) is 2. The molecule has 0 spiro atoms. The molecule has 0 N–H and O–H groups in total. The maximum atomic E-state index is 5.93. The molecule has 0 radical (unpaired) electrons. The van der Waals surface area contributed by atoms with E-state index in [1.54, 1.807) is 0 Å². The maximum absolute atomic E-state index is 5.93. The minimum atomic E-state index is 0.687. The molecule has 0 aliphatic carbocycles. The molecular formula is C8H6BrClN2. The van der Waals surface area contributed by atoms with E-state index in [-0.39, 0.29) is 0 Å². The zero-order valence-corrected chi connectivity index (χ0v) is 8.51. The molecule has 2 rings (SSSR count). The molecule has 0 bridgehead atoms. The van der Waals surface area contributed by atoms with Gasteiger partial charge in [-0.3, -0.25) is 4.40 Å². The average molecular weight is 246 g/mol. The van der Waals surface area contributed by atoms with Crippen LogP contribution in [-0.4, -0.2) is 9.38 Å². The highest BCUT2D eigenvalue weighted by atomic mass is 79.9. The SMILES string of the molecule is Clc1cccc2nc(CBr)cn12. The Morgan fingerprint density at radius 3 is 3.00 bits per heavy atom. The van der Waals surface area contributed by atoms with Gasteiger partial charge in [0, 0.05) is 11.5 Å². The smallest absolute Gasteiger partial charge is 0.138 e. The molecule has 0 amide bonds. The summed E-state index contributed by atoms with van der Waals surface area (Å²) in [6.07, 6.45) is 1.92. The second kappa shape index (κ2) is 3.07. The summed E-state index contributed by atoms with van der Waals surface area (Å²) in [5.74, 6) is 0. The molecule has 2 aromatic heterocycles. The molecule has 0 atom stereocenters. The summed E-state index contributed by atoms with van der Waals surface area (Å²) in [7, 11) is 0. The van der Waals surface area contributed by atoms with Gasteiger partial charge >= 0.3 is 0 Å². The number of rotatable bonds is 1. The molecule has 0 unspecified atom stereocenters. The van der Waals surface area contributed by atoms with Crippen molar-refractivity contribution in [1.29, 1.82) is 0 Å². The number of hydrogen-bond acceptors (Lipinski definition) is 1. The first-order valence-electron chi connectivity index (χ1n) is 3.50. The lowest BCUT2D eigenvalue weighted by molar-refractivity contribution is 1.18. The zero-order chi connectivity index (χ0) is 8.55. The lowest BCUT2D eigenvalue weighted by atomic mass is 10.5. The van der Waals surface area contributed by atoms with Crippen molar-refractivity contribution in [1.82, 2.24) is 9.38 Å². The van der Waals surface area contributed by atoms with E-state index in [1.165, 1.54) is 0 Å². The van der Waals surface area contributed by atoms with Crippen molar-refractivity contribution in [2.45, 2.75) is 5.33 Å². The van der Waals surface area contributed by atoms with Gasteiger partial charge in [-0.25, -0.2) is 4.98 Å². The number of fused-ring (bicyclic) bond motifs is 1. The molecule has 2 nitrogen and oxygen atoms in total. The first kappa shape index (κ1) is 8.08. The molecule has 0 saturated heterocycles. The van der Waals surface area contributed by atoms with Crippen LogP contribution in [0.3, 0.4) is 0 Å². The van der Waals surface area contributed by atoms with Gasteiger partial charge in [-0.05, 0) is 12.1 Å². The number of aromatic nitrogens is 2. The summed E-state index contributed by atoms with van der Waals surface area (Å²) >= 11 is 9.28. The largest absolute Gasteiger partial charge is 0.290 e. The van der Waals surface area contributed by atoms with E-state index in [2.05, 4.69) is 20.9 Å². The Kier molecular flexibility index (Phi) is 2.07. The summed E-state index contributed by atoms with van der Waals surface area (Å²) in [5, 5.41) is 1.44. The molecule has 0 aromatic carbocycles. The Morgan fingerprint density at radius 2 is 2.33 bits per heavy atom. The fourth-order valence-electron chi connectivity index (χ4n) is 1.09. The van der Waals surface area contributed by atoms with Crippen molar-refractivity contribution in [2.75, 3.05) is 0 Å². The van der Waals surface area contributed by atoms with Gasteiger partial charge in [0.1, 0.15) is 10.8 Å². The Bertz CT molecular complexity index is 410. The van der Waals surface area contributed by atoms with Gasteiger partial charge in [-0.1, -0.05) is 33.6 Å². The quantitative estimate of drug-likeness (QED) is 0.558. The third-order valence-corrected chi connectivity index (χ3v) is 2.51. The van der Waals surface area contributed by atoms with E-state index in [9.17, 15) is 0 Å². The lowest BCUT2D eigenvalue weighted by Gasteiger charge is -1.93. The minimum Gasteiger partial charge on any atom is -0.290 e. The summed E-state index contributed by atoms with van der Waals surface area (Å²) < 4.78 is 1.86. The molecule has 0 fully saturated rings. The van der Waals surface area contributed by atoms with Crippen LogP contribution >= 0.6 is 27.5 Å². The summed E-state index contributed by atoms with van der Waals surface area (Å²) in [4.78, 5) is 4.32. The number of alkyl halides is 1. The van der Waals surface area contributed by atoms with Gasteiger partial charge in [0.15, 0.2) is 0 Å². The van der Waals surface area contributed by atoms with E-state index >= 15 is 0 Å². The number of halogens is 2. The van der Waals surface area contributed by atoms with Gasteiger partial charge < -0.3 is 0 Å². The summed E-state index contributed by atoms with van der Waals surface area (Å²) in [6.45, 7) is 0. The molecule has 0 aliphatic rings. The normalized spacial score (nSPS) is 10.8. The molecule has 2 heterocycles. The first-order chi connectivity index (χ1) is 5.81. The van der Waals surface area contributed by atoms with Gasteiger partial charge in [-0.2, -0.15) is 0 Å². The Morgan fingerprint density at radius 1 is 1.50 bits per heavy atom.